The molecule has 1 saturated heterocycles. The molecule has 1 aliphatic heterocycles. The summed E-state index contributed by atoms with van der Waals surface area (Å²) < 4.78 is 37.2. The van der Waals surface area contributed by atoms with Gasteiger partial charge in [-0.3, -0.25) is 9.69 Å². The smallest absolute Gasteiger partial charge is 0.339 e. The van der Waals surface area contributed by atoms with Crippen LogP contribution in [0, 0.1) is 10.5 Å². The number of likely N-dealkylation sites (N-methyl/N-ethyl adjacent to an activating group) is 1. The number of halogens is 1. The van der Waals surface area contributed by atoms with Gasteiger partial charge >= 0.3 is 10.1 Å². The summed E-state index contributed by atoms with van der Waals surface area (Å²) in [5, 5.41) is 0. The van der Waals surface area contributed by atoms with E-state index in [-0.39, 0.29) is 22.3 Å². The number of methoxy groups -OCH3 is 1. The van der Waals surface area contributed by atoms with Crippen LogP contribution in [0.5, 0.6) is 11.5 Å². The van der Waals surface area contributed by atoms with Crippen molar-refractivity contribution in [2.45, 2.75) is 18.7 Å². The fourth-order valence-electron chi connectivity index (χ4n) is 2.69. The monoisotopic (exact) mass is 575 g/mol. The van der Waals surface area contributed by atoms with Crippen molar-refractivity contribution >= 4 is 73.0 Å². The Morgan fingerprint density at radius 2 is 1.90 bits per heavy atom. The highest BCUT2D eigenvalue weighted by Crippen LogP contribution is 2.38. The van der Waals surface area contributed by atoms with Gasteiger partial charge in [-0.15, -0.1) is 0 Å². The third-order valence-corrected chi connectivity index (χ3v) is 7.66. The highest BCUT2D eigenvalue weighted by atomic mass is 127. The molecule has 0 saturated carbocycles. The number of benzene rings is 2. The van der Waals surface area contributed by atoms with Gasteiger partial charge in [0.25, 0.3) is 5.91 Å². The molecular weight excluding hydrogens is 557 g/mol. The third kappa shape index (κ3) is 4.82. The number of rotatable bonds is 6. The van der Waals surface area contributed by atoms with Gasteiger partial charge in [-0.05, 0) is 72.3 Å². The first-order valence-corrected chi connectivity index (χ1v) is 12.5. The van der Waals surface area contributed by atoms with Gasteiger partial charge in [-0.2, -0.15) is 8.42 Å². The fourth-order valence-corrected chi connectivity index (χ4v) is 5.92. The van der Waals surface area contributed by atoms with Crippen LogP contribution in [0.2, 0.25) is 0 Å². The molecule has 0 N–H and O–H groups in total. The van der Waals surface area contributed by atoms with Crippen LogP contribution in [-0.4, -0.2) is 37.2 Å². The lowest BCUT2D eigenvalue weighted by atomic mass is 10.2. The number of ether oxygens (including phenoxy) is 1. The lowest BCUT2D eigenvalue weighted by Crippen LogP contribution is -2.27. The minimum absolute atomic E-state index is 0.0540. The average Bonchev–Trinajstić information content (AvgIpc) is 2.96. The van der Waals surface area contributed by atoms with Crippen molar-refractivity contribution in [1.29, 1.82) is 0 Å². The van der Waals surface area contributed by atoms with E-state index in [9.17, 15) is 13.2 Å². The van der Waals surface area contributed by atoms with Gasteiger partial charge in [0, 0.05) is 6.54 Å². The third-order valence-electron chi connectivity index (χ3n) is 4.24. The van der Waals surface area contributed by atoms with E-state index in [1.54, 1.807) is 30.3 Å². The van der Waals surface area contributed by atoms with Crippen molar-refractivity contribution in [2.24, 2.45) is 0 Å². The molecule has 0 bridgehead atoms. The van der Waals surface area contributed by atoms with Gasteiger partial charge in [-0.25, -0.2) is 0 Å². The van der Waals surface area contributed by atoms with E-state index >= 15 is 0 Å². The molecule has 158 valence electrons. The summed E-state index contributed by atoms with van der Waals surface area (Å²) in [5.41, 5.74) is 1.62. The SMILES string of the molecule is CCN1C(=O)C(=Cc2cc(I)c(OS(=O)(=O)c3ccc(C)cc3)c(OC)c2)SC1=S. The minimum atomic E-state index is -4.03. The predicted octanol–water partition coefficient (Wildman–Crippen LogP) is 4.60. The normalized spacial score (nSPS) is 15.7. The number of carbonyl (C=O) groups is 1. The number of hydrogen-bond acceptors (Lipinski definition) is 7. The lowest BCUT2D eigenvalue weighted by Gasteiger charge is -2.14. The van der Waals surface area contributed by atoms with Gasteiger partial charge in [0.05, 0.1) is 15.6 Å². The molecular formula is C20H18INO5S3. The summed E-state index contributed by atoms with van der Waals surface area (Å²) in [6.07, 6.45) is 1.71. The number of nitrogens with zero attached hydrogens (tertiary/aromatic N) is 1. The van der Waals surface area contributed by atoms with Crippen LogP contribution in [-0.2, 0) is 14.9 Å². The molecule has 2 aromatic rings. The summed E-state index contributed by atoms with van der Waals surface area (Å²) in [6.45, 7) is 4.24. The summed E-state index contributed by atoms with van der Waals surface area (Å²) in [4.78, 5) is 14.5. The van der Waals surface area contributed by atoms with Crippen LogP contribution in [0.3, 0.4) is 0 Å². The molecule has 30 heavy (non-hydrogen) atoms. The van der Waals surface area contributed by atoms with Crippen molar-refractivity contribution in [1.82, 2.24) is 4.90 Å². The van der Waals surface area contributed by atoms with E-state index in [2.05, 4.69) is 0 Å². The van der Waals surface area contributed by atoms with E-state index in [4.69, 9.17) is 21.1 Å². The van der Waals surface area contributed by atoms with Crippen LogP contribution < -0.4 is 8.92 Å². The first-order valence-electron chi connectivity index (χ1n) is 8.80. The van der Waals surface area contributed by atoms with Crippen LogP contribution in [0.1, 0.15) is 18.1 Å². The Labute approximate surface area is 198 Å². The maximum Gasteiger partial charge on any atom is 0.339 e. The van der Waals surface area contributed by atoms with Crippen molar-refractivity contribution in [3.8, 4) is 11.5 Å². The molecule has 1 amide bonds. The maximum atomic E-state index is 12.7. The van der Waals surface area contributed by atoms with Crippen molar-refractivity contribution in [3.63, 3.8) is 0 Å². The lowest BCUT2D eigenvalue weighted by molar-refractivity contribution is -0.121. The second-order valence-corrected chi connectivity index (χ2v) is 10.7. The Kier molecular flexibility index (Phi) is 7.10. The van der Waals surface area contributed by atoms with Gasteiger partial charge in [-0.1, -0.05) is 41.7 Å². The Bertz CT molecular complexity index is 1140. The number of thioether (sulfide) groups is 1. The van der Waals surface area contributed by atoms with E-state index < -0.39 is 10.1 Å². The highest BCUT2D eigenvalue weighted by molar-refractivity contribution is 14.1. The van der Waals surface area contributed by atoms with Crippen molar-refractivity contribution in [3.05, 3.63) is 56.0 Å². The Morgan fingerprint density at radius 1 is 1.23 bits per heavy atom. The summed E-state index contributed by atoms with van der Waals surface area (Å²) >= 11 is 8.45. The number of hydrogen-bond donors (Lipinski definition) is 0. The molecule has 1 fully saturated rings. The zero-order chi connectivity index (χ0) is 22.1. The van der Waals surface area contributed by atoms with Crippen molar-refractivity contribution < 1.29 is 22.1 Å². The maximum absolute atomic E-state index is 12.7. The standard InChI is InChI=1S/C20H18INO5S3/c1-4-22-19(23)17(29-20(22)28)11-13-9-15(21)18(16(10-13)26-3)27-30(24,25)14-7-5-12(2)6-8-14/h5-11H,4H2,1-3H3. The largest absolute Gasteiger partial charge is 0.493 e. The molecule has 0 aliphatic carbocycles. The molecule has 0 spiro atoms. The number of amides is 1. The minimum Gasteiger partial charge on any atom is -0.493 e. The molecule has 6 nitrogen and oxygen atoms in total. The Morgan fingerprint density at radius 3 is 2.47 bits per heavy atom. The molecule has 1 heterocycles. The Balaban J connectivity index is 1.95. The highest BCUT2D eigenvalue weighted by Gasteiger charge is 2.31. The quantitative estimate of drug-likeness (QED) is 0.216. The first-order chi connectivity index (χ1) is 14.2. The zero-order valence-electron chi connectivity index (χ0n) is 16.3. The van der Waals surface area contributed by atoms with Crippen molar-refractivity contribution in [2.75, 3.05) is 13.7 Å². The zero-order valence-corrected chi connectivity index (χ0v) is 20.9. The molecule has 3 rings (SSSR count). The van der Waals surface area contributed by atoms with E-state index in [0.29, 0.717) is 24.9 Å². The molecule has 2 aromatic carbocycles. The molecule has 1 aliphatic rings. The molecule has 0 atom stereocenters. The Hall–Kier alpha value is -1.63. The summed E-state index contributed by atoms with van der Waals surface area (Å²) in [7, 11) is -2.60. The molecule has 0 unspecified atom stereocenters. The van der Waals surface area contributed by atoms with E-state index in [1.165, 1.54) is 35.9 Å². The summed E-state index contributed by atoms with van der Waals surface area (Å²) in [5.74, 6) is 0.190. The van der Waals surface area contributed by atoms with Gasteiger partial charge in [0.2, 0.25) is 0 Å². The second-order valence-electron chi connectivity index (χ2n) is 6.31. The molecule has 0 radical (unpaired) electrons. The summed E-state index contributed by atoms with van der Waals surface area (Å²) in [6, 6.07) is 9.74. The predicted molar refractivity (Wildman–Crippen MR) is 130 cm³/mol. The average molecular weight is 575 g/mol. The fraction of sp³-hybridized carbons (Fsp3) is 0.200. The molecule has 0 aromatic heterocycles. The topological polar surface area (TPSA) is 72.9 Å². The van der Waals surface area contributed by atoms with Crippen LogP contribution >= 0.6 is 46.6 Å². The second kappa shape index (κ2) is 9.25. The van der Waals surface area contributed by atoms with Crippen LogP contribution in [0.15, 0.2) is 46.2 Å². The van der Waals surface area contributed by atoms with Crippen LogP contribution in [0.4, 0.5) is 0 Å². The van der Waals surface area contributed by atoms with E-state index in [0.717, 1.165) is 5.56 Å². The molecule has 10 heteroatoms. The van der Waals surface area contributed by atoms with Crippen LogP contribution in [0.25, 0.3) is 6.08 Å². The number of carbonyl (C=O) groups excluding carboxylic acids is 1. The number of thiocarbonyl (C=S) groups is 1. The van der Waals surface area contributed by atoms with E-state index in [1.807, 2.05) is 36.4 Å². The number of aryl methyl sites for hydroxylation is 1. The first kappa shape index (κ1) is 23.0. The van der Waals surface area contributed by atoms with Gasteiger partial charge < -0.3 is 8.92 Å². The van der Waals surface area contributed by atoms with Gasteiger partial charge in [0.15, 0.2) is 11.5 Å². The van der Waals surface area contributed by atoms with Gasteiger partial charge in [0.1, 0.15) is 9.22 Å².